The van der Waals surface area contributed by atoms with E-state index in [2.05, 4.69) is 24.3 Å². The monoisotopic (exact) mass is 257 g/mol. The summed E-state index contributed by atoms with van der Waals surface area (Å²) in [7, 11) is 1.66. The van der Waals surface area contributed by atoms with Gasteiger partial charge in [0, 0.05) is 25.8 Å². The lowest BCUT2D eigenvalue weighted by atomic mass is 10.00. The van der Waals surface area contributed by atoms with Gasteiger partial charge in [0.1, 0.15) is 0 Å². The van der Waals surface area contributed by atoms with Gasteiger partial charge in [0.25, 0.3) is 5.91 Å². The van der Waals surface area contributed by atoms with Gasteiger partial charge in [0.05, 0.1) is 6.04 Å². The lowest BCUT2D eigenvalue weighted by molar-refractivity contribution is -0.130. The molecule has 0 aromatic carbocycles. The number of hydrogen-bond donors (Lipinski definition) is 2. The van der Waals surface area contributed by atoms with Crippen LogP contribution >= 0.6 is 0 Å². The molecule has 0 aromatic rings. The standard InChI is InChI=1S/C13H27N3O2/c1-10-6-4-7-11(2)16(10)15-13(17)12(14)8-5-9-18-3/h10-12H,4-9,14H2,1-3H3,(H,15,17). The van der Waals surface area contributed by atoms with E-state index in [1.54, 1.807) is 7.11 Å². The fourth-order valence-electron chi connectivity index (χ4n) is 2.43. The summed E-state index contributed by atoms with van der Waals surface area (Å²) >= 11 is 0. The fraction of sp³-hybridized carbons (Fsp3) is 0.923. The molecule has 106 valence electrons. The number of carbonyl (C=O) groups is 1. The van der Waals surface area contributed by atoms with Gasteiger partial charge < -0.3 is 10.5 Å². The molecule has 3 atom stereocenters. The van der Waals surface area contributed by atoms with Gasteiger partial charge in [0.15, 0.2) is 0 Å². The van der Waals surface area contributed by atoms with Crippen molar-refractivity contribution in [3.63, 3.8) is 0 Å². The minimum absolute atomic E-state index is 0.0771. The predicted octanol–water partition coefficient (Wildman–Crippen LogP) is 1.03. The molecule has 5 nitrogen and oxygen atoms in total. The van der Waals surface area contributed by atoms with Crippen molar-refractivity contribution in [1.29, 1.82) is 0 Å². The first-order valence-electron chi connectivity index (χ1n) is 6.89. The molecule has 3 N–H and O–H groups in total. The Morgan fingerprint density at radius 2 is 2.06 bits per heavy atom. The van der Waals surface area contributed by atoms with E-state index in [-0.39, 0.29) is 5.91 Å². The third-order valence-electron chi connectivity index (χ3n) is 3.63. The lowest BCUT2D eigenvalue weighted by Crippen LogP contribution is -2.57. The Morgan fingerprint density at radius 1 is 1.44 bits per heavy atom. The van der Waals surface area contributed by atoms with Crippen molar-refractivity contribution in [1.82, 2.24) is 10.4 Å². The Balaban J connectivity index is 2.37. The maximum Gasteiger partial charge on any atom is 0.251 e. The molecule has 0 saturated carbocycles. The smallest absolute Gasteiger partial charge is 0.251 e. The minimum Gasteiger partial charge on any atom is -0.385 e. The second kappa shape index (κ2) is 7.71. The zero-order valence-electron chi connectivity index (χ0n) is 11.8. The summed E-state index contributed by atoms with van der Waals surface area (Å²) in [5.41, 5.74) is 8.85. The number of nitrogens with one attached hydrogen (secondary N) is 1. The van der Waals surface area contributed by atoms with E-state index in [0.717, 1.165) is 19.3 Å². The van der Waals surface area contributed by atoms with Crippen LogP contribution in [0.25, 0.3) is 0 Å². The maximum atomic E-state index is 12.0. The van der Waals surface area contributed by atoms with Gasteiger partial charge in [-0.25, -0.2) is 5.01 Å². The number of nitrogens with zero attached hydrogens (tertiary/aromatic N) is 1. The summed E-state index contributed by atoms with van der Waals surface area (Å²) in [5, 5.41) is 2.06. The number of hydrazine groups is 1. The van der Waals surface area contributed by atoms with Crippen molar-refractivity contribution in [3.8, 4) is 0 Å². The zero-order chi connectivity index (χ0) is 13.5. The van der Waals surface area contributed by atoms with E-state index in [1.165, 1.54) is 6.42 Å². The maximum absolute atomic E-state index is 12.0. The molecule has 0 aliphatic carbocycles. The van der Waals surface area contributed by atoms with Crippen LogP contribution < -0.4 is 11.2 Å². The molecule has 3 unspecified atom stereocenters. The third-order valence-corrected chi connectivity index (χ3v) is 3.63. The van der Waals surface area contributed by atoms with Crippen molar-refractivity contribution in [2.45, 2.75) is 64.1 Å². The average Bonchev–Trinajstić information content (AvgIpc) is 2.34. The van der Waals surface area contributed by atoms with Crippen LogP contribution in [0.15, 0.2) is 0 Å². The molecular weight excluding hydrogens is 230 g/mol. The van der Waals surface area contributed by atoms with Crippen LogP contribution in [-0.4, -0.2) is 42.8 Å². The number of amides is 1. The summed E-state index contributed by atoms with van der Waals surface area (Å²) in [6.07, 6.45) is 4.97. The Hall–Kier alpha value is -0.650. The second-order valence-electron chi connectivity index (χ2n) is 5.25. The molecule has 18 heavy (non-hydrogen) atoms. The first-order valence-corrected chi connectivity index (χ1v) is 6.89. The minimum atomic E-state index is -0.443. The number of methoxy groups -OCH3 is 1. The lowest BCUT2D eigenvalue weighted by Gasteiger charge is -2.39. The highest BCUT2D eigenvalue weighted by molar-refractivity contribution is 5.80. The number of nitrogens with two attached hydrogens (primary N) is 1. The molecule has 0 aromatic heterocycles. The number of ether oxygens (including phenoxy) is 1. The van der Waals surface area contributed by atoms with E-state index in [1.807, 2.05) is 0 Å². The largest absolute Gasteiger partial charge is 0.385 e. The van der Waals surface area contributed by atoms with Gasteiger partial charge in [-0.2, -0.15) is 0 Å². The van der Waals surface area contributed by atoms with E-state index < -0.39 is 6.04 Å². The van der Waals surface area contributed by atoms with Gasteiger partial charge in [-0.1, -0.05) is 6.42 Å². The van der Waals surface area contributed by atoms with Gasteiger partial charge in [-0.15, -0.1) is 0 Å². The SMILES string of the molecule is COCCCC(N)C(=O)NN1C(C)CCCC1C. The summed E-state index contributed by atoms with van der Waals surface area (Å²) in [5.74, 6) is -0.0771. The topological polar surface area (TPSA) is 67.6 Å². The van der Waals surface area contributed by atoms with E-state index in [4.69, 9.17) is 10.5 Å². The molecule has 1 heterocycles. The van der Waals surface area contributed by atoms with Crippen LogP contribution in [0.5, 0.6) is 0 Å². The first kappa shape index (κ1) is 15.4. The fourth-order valence-corrected chi connectivity index (χ4v) is 2.43. The molecular formula is C13H27N3O2. The molecule has 1 saturated heterocycles. The predicted molar refractivity (Wildman–Crippen MR) is 71.8 cm³/mol. The van der Waals surface area contributed by atoms with Gasteiger partial charge in [-0.05, 0) is 39.5 Å². The summed E-state index contributed by atoms with van der Waals surface area (Å²) in [6, 6.07) is 0.342. The first-order chi connectivity index (χ1) is 8.56. The normalized spacial score (nSPS) is 26.9. The number of carbonyl (C=O) groups excluding carboxylic acids is 1. The van der Waals surface area contributed by atoms with Crippen molar-refractivity contribution in [2.24, 2.45) is 5.73 Å². The summed E-state index contributed by atoms with van der Waals surface area (Å²) in [4.78, 5) is 12.0. The van der Waals surface area contributed by atoms with Crippen LogP contribution in [0.1, 0.15) is 46.0 Å². The number of rotatable bonds is 6. The van der Waals surface area contributed by atoms with Crippen molar-refractivity contribution in [3.05, 3.63) is 0 Å². The van der Waals surface area contributed by atoms with Crippen molar-refractivity contribution in [2.75, 3.05) is 13.7 Å². The highest BCUT2D eigenvalue weighted by Crippen LogP contribution is 2.20. The van der Waals surface area contributed by atoms with Gasteiger partial charge in [0.2, 0.25) is 0 Å². The number of hydrogen-bond acceptors (Lipinski definition) is 4. The summed E-state index contributed by atoms with van der Waals surface area (Å²) in [6.45, 7) is 4.94. The Labute approximate surface area is 110 Å². The molecule has 5 heteroatoms. The second-order valence-corrected chi connectivity index (χ2v) is 5.25. The van der Waals surface area contributed by atoms with E-state index >= 15 is 0 Å². The van der Waals surface area contributed by atoms with Gasteiger partial charge >= 0.3 is 0 Å². The molecule has 1 rings (SSSR count). The quantitative estimate of drug-likeness (QED) is 0.698. The van der Waals surface area contributed by atoms with Crippen LogP contribution in [0.3, 0.4) is 0 Å². The molecule has 1 aliphatic rings. The van der Waals surface area contributed by atoms with Crippen molar-refractivity contribution >= 4 is 5.91 Å². The average molecular weight is 257 g/mol. The molecule has 1 aliphatic heterocycles. The van der Waals surface area contributed by atoms with E-state index in [9.17, 15) is 4.79 Å². The van der Waals surface area contributed by atoms with Crippen molar-refractivity contribution < 1.29 is 9.53 Å². The molecule has 1 amide bonds. The third kappa shape index (κ3) is 4.55. The van der Waals surface area contributed by atoms with Crippen LogP contribution in [0, 0.1) is 0 Å². The highest BCUT2D eigenvalue weighted by Gasteiger charge is 2.27. The van der Waals surface area contributed by atoms with Crippen LogP contribution in [0.4, 0.5) is 0 Å². The Bertz CT molecular complexity index is 251. The highest BCUT2D eigenvalue weighted by atomic mass is 16.5. The van der Waals surface area contributed by atoms with Crippen LogP contribution in [-0.2, 0) is 9.53 Å². The summed E-state index contributed by atoms with van der Waals surface area (Å²) < 4.78 is 4.96. The Morgan fingerprint density at radius 3 is 2.61 bits per heavy atom. The van der Waals surface area contributed by atoms with E-state index in [0.29, 0.717) is 25.1 Å². The zero-order valence-corrected chi connectivity index (χ0v) is 11.8. The molecule has 0 spiro atoms. The Kier molecular flexibility index (Phi) is 6.60. The molecule has 0 bridgehead atoms. The molecule has 0 radical (unpaired) electrons. The van der Waals surface area contributed by atoms with Crippen LogP contribution in [0.2, 0.25) is 0 Å². The molecule has 1 fully saturated rings. The number of piperidine rings is 1. The van der Waals surface area contributed by atoms with Gasteiger partial charge in [-0.3, -0.25) is 10.2 Å².